The molecule has 0 atom stereocenters. The fourth-order valence-corrected chi connectivity index (χ4v) is 1.75. The second kappa shape index (κ2) is 4.41. The molecule has 0 bridgehead atoms. The molecule has 8 nitrogen and oxygen atoms in total. The lowest BCUT2D eigenvalue weighted by atomic mass is 10.3. The molecule has 0 aliphatic carbocycles. The van der Waals surface area contributed by atoms with Crippen molar-refractivity contribution < 1.29 is 4.79 Å². The topological polar surface area (TPSA) is 108 Å². The van der Waals surface area contributed by atoms with Crippen LogP contribution in [-0.4, -0.2) is 30.7 Å². The van der Waals surface area contributed by atoms with Crippen LogP contribution in [0.1, 0.15) is 16.2 Å². The normalized spacial score (nSPS) is 10.7. The molecule has 3 N–H and O–H groups in total. The van der Waals surface area contributed by atoms with Crippen molar-refractivity contribution in [3.8, 4) is 0 Å². The Kier molecular flexibility index (Phi) is 2.60. The molecule has 0 fully saturated rings. The van der Waals surface area contributed by atoms with Gasteiger partial charge >= 0.3 is 0 Å². The molecule has 0 aliphatic rings. The first-order valence-corrected chi connectivity index (χ1v) is 5.57. The maximum atomic E-state index is 12.0. The summed E-state index contributed by atoms with van der Waals surface area (Å²) in [5.41, 5.74) is 1.35. The van der Waals surface area contributed by atoms with Crippen LogP contribution in [0.3, 0.4) is 0 Å². The number of pyridine rings is 1. The molecule has 0 aliphatic heterocycles. The zero-order valence-electron chi connectivity index (χ0n) is 9.75. The van der Waals surface area contributed by atoms with Crippen molar-refractivity contribution in [3.63, 3.8) is 0 Å². The Morgan fingerprint density at radius 1 is 1.37 bits per heavy atom. The van der Waals surface area contributed by atoms with Gasteiger partial charge in [0.1, 0.15) is 12.0 Å². The third kappa shape index (κ3) is 2.10. The lowest BCUT2D eigenvalue weighted by Gasteiger charge is -2.04. The van der Waals surface area contributed by atoms with Gasteiger partial charge in [-0.15, -0.1) is 0 Å². The van der Waals surface area contributed by atoms with E-state index < -0.39 is 0 Å². The molecular formula is C11H10N6O2. The molecule has 96 valence electrons. The second-order valence-corrected chi connectivity index (χ2v) is 3.91. The fourth-order valence-electron chi connectivity index (χ4n) is 1.75. The minimum atomic E-state index is -0.293. The molecule has 19 heavy (non-hydrogen) atoms. The van der Waals surface area contributed by atoms with Crippen molar-refractivity contribution >= 4 is 11.6 Å². The van der Waals surface area contributed by atoms with Crippen LogP contribution in [0.15, 0.2) is 35.4 Å². The van der Waals surface area contributed by atoms with E-state index in [4.69, 9.17) is 0 Å². The van der Waals surface area contributed by atoms with E-state index in [0.29, 0.717) is 17.0 Å². The van der Waals surface area contributed by atoms with E-state index in [0.717, 1.165) is 0 Å². The van der Waals surface area contributed by atoms with Crippen LogP contribution in [0.2, 0.25) is 0 Å². The molecule has 3 aromatic heterocycles. The number of amides is 1. The highest BCUT2D eigenvalue weighted by Gasteiger charge is 2.10. The van der Waals surface area contributed by atoms with Crippen LogP contribution in [0.5, 0.6) is 0 Å². The smallest absolute Gasteiger partial charge is 0.270 e. The van der Waals surface area contributed by atoms with Gasteiger partial charge in [-0.3, -0.25) is 14.7 Å². The zero-order chi connectivity index (χ0) is 13.2. The summed E-state index contributed by atoms with van der Waals surface area (Å²) < 4.78 is 1.45. The Hall–Kier alpha value is -2.90. The summed E-state index contributed by atoms with van der Waals surface area (Å²) in [5.74, 6) is -0.293. The number of hydrogen-bond donors (Lipinski definition) is 3. The molecule has 3 rings (SSSR count). The number of rotatable bonds is 3. The summed E-state index contributed by atoms with van der Waals surface area (Å²) in [6.07, 6.45) is 1.38. The molecule has 0 spiro atoms. The summed E-state index contributed by atoms with van der Waals surface area (Å²) in [7, 11) is 0. The van der Waals surface area contributed by atoms with E-state index in [9.17, 15) is 9.59 Å². The van der Waals surface area contributed by atoms with Crippen molar-refractivity contribution in [3.05, 3.63) is 52.3 Å². The van der Waals surface area contributed by atoms with Crippen LogP contribution >= 0.6 is 0 Å². The standard InChI is InChI=1S/C11H10N6O2/c18-10-4-7(15-16-10)5-12-11(19)8-2-1-3-9-13-6-14-17(8)9/h1-4,6H,5H2,(H,12,19)(H2,15,16,18). The van der Waals surface area contributed by atoms with Gasteiger partial charge in [0.2, 0.25) is 0 Å². The molecular weight excluding hydrogens is 248 g/mol. The van der Waals surface area contributed by atoms with Crippen LogP contribution in [0, 0.1) is 0 Å². The number of fused-ring (bicyclic) bond motifs is 1. The first kappa shape index (κ1) is 11.2. The van der Waals surface area contributed by atoms with E-state index in [1.807, 2.05) is 0 Å². The third-order valence-corrected chi connectivity index (χ3v) is 2.63. The van der Waals surface area contributed by atoms with Gasteiger partial charge in [0.15, 0.2) is 5.65 Å². The quantitative estimate of drug-likeness (QED) is 0.598. The Morgan fingerprint density at radius 2 is 2.26 bits per heavy atom. The highest BCUT2D eigenvalue weighted by molar-refractivity contribution is 5.92. The molecule has 0 aromatic carbocycles. The van der Waals surface area contributed by atoms with Crippen LogP contribution in [-0.2, 0) is 6.54 Å². The van der Waals surface area contributed by atoms with Crippen LogP contribution < -0.4 is 10.9 Å². The van der Waals surface area contributed by atoms with Crippen molar-refractivity contribution in [2.45, 2.75) is 6.54 Å². The van der Waals surface area contributed by atoms with E-state index in [1.54, 1.807) is 18.2 Å². The predicted octanol–water partition coefficient (Wildman–Crippen LogP) is -0.324. The number of nitrogens with one attached hydrogen (secondary N) is 3. The lowest BCUT2D eigenvalue weighted by molar-refractivity contribution is 0.0943. The van der Waals surface area contributed by atoms with E-state index in [1.165, 1.54) is 16.9 Å². The lowest BCUT2D eigenvalue weighted by Crippen LogP contribution is -2.25. The first-order valence-electron chi connectivity index (χ1n) is 5.57. The summed E-state index contributed by atoms with van der Waals surface area (Å²) in [6, 6.07) is 6.53. The summed E-state index contributed by atoms with van der Waals surface area (Å²) >= 11 is 0. The van der Waals surface area contributed by atoms with Gasteiger partial charge in [0, 0.05) is 6.07 Å². The molecule has 3 aromatic rings. The van der Waals surface area contributed by atoms with Gasteiger partial charge in [0.05, 0.1) is 12.2 Å². The first-order chi connectivity index (χ1) is 9.24. The summed E-state index contributed by atoms with van der Waals surface area (Å²) in [5, 5.41) is 11.7. The largest absolute Gasteiger partial charge is 0.345 e. The molecule has 0 unspecified atom stereocenters. The number of carbonyl (C=O) groups is 1. The Balaban J connectivity index is 1.80. The maximum Gasteiger partial charge on any atom is 0.270 e. The SMILES string of the molecule is O=C(NCc1cc(=O)[nH][nH]1)c1cccc2ncnn12. The molecule has 0 radical (unpaired) electrons. The van der Waals surface area contributed by atoms with Crippen molar-refractivity contribution in [1.29, 1.82) is 0 Å². The van der Waals surface area contributed by atoms with Gasteiger partial charge in [-0.2, -0.15) is 5.10 Å². The Labute approximate surface area is 106 Å². The minimum Gasteiger partial charge on any atom is -0.345 e. The number of carbonyl (C=O) groups excluding carboxylic acids is 1. The van der Waals surface area contributed by atoms with Gasteiger partial charge in [-0.05, 0) is 12.1 Å². The maximum absolute atomic E-state index is 12.0. The van der Waals surface area contributed by atoms with Gasteiger partial charge in [-0.1, -0.05) is 6.07 Å². The number of nitrogens with zero attached hydrogens (tertiary/aromatic N) is 3. The molecule has 1 amide bonds. The molecule has 0 saturated carbocycles. The molecule has 8 heteroatoms. The predicted molar refractivity (Wildman–Crippen MR) is 65.6 cm³/mol. The van der Waals surface area contributed by atoms with Crippen LogP contribution in [0.25, 0.3) is 5.65 Å². The van der Waals surface area contributed by atoms with E-state index in [2.05, 4.69) is 25.6 Å². The monoisotopic (exact) mass is 258 g/mol. The highest BCUT2D eigenvalue weighted by Crippen LogP contribution is 2.03. The van der Waals surface area contributed by atoms with Gasteiger partial charge in [0.25, 0.3) is 11.5 Å². The van der Waals surface area contributed by atoms with Crippen molar-refractivity contribution in [2.24, 2.45) is 0 Å². The zero-order valence-corrected chi connectivity index (χ0v) is 9.75. The number of H-pyrrole nitrogens is 2. The minimum absolute atomic E-state index is 0.225. The van der Waals surface area contributed by atoms with Crippen molar-refractivity contribution in [2.75, 3.05) is 0 Å². The molecule has 0 saturated heterocycles. The van der Waals surface area contributed by atoms with Crippen molar-refractivity contribution in [1.82, 2.24) is 30.1 Å². The highest BCUT2D eigenvalue weighted by atomic mass is 16.2. The fraction of sp³-hybridized carbons (Fsp3) is 0.0909. The molecule has 3 heterocycles. The average molecular weight is 258 g/mol. The third-order valence-electron chi connectivity index (χ3n) is 2.63. The van der Waals surface area contributed by atoms with E-state index in [-0.39, 0.29) is 18.0 Å². The summed E-state index contributed by atoms with van der Waals surface area (Å²) in [4.78, 5) is 27.0. The summed E-state index contributed by atoms with van der Waals surface area (Å²) in [6.45, 7) is 0.225. The van der Waals surface area contributed by atoms with Gasteiger partial charge in [-0.25, -0.2) is 9.50 Å². The second-order valence-electron chi connectivity index (χ2n) is 3.91. The average Bonchev–Trinajstić information content (AvgIpc) is 3.03. The number of aromatic nitrogens is 5. The van der Waals surface area contributed by atoms with Gasteiger partial charge < -0.3 is 10.4 Å². The number of hydrogen-bond acceptors (Lipinski definition) is 4. The number of aromatic amines is 2. The van der Waals surface area contributed by atoms with E-state index >= 15 is 0 Å². The van der Waals surface area contributed by atoms with Crippen LogP contribution in [0.4, 0.5) is 0 Å². The Bertz CT molecular complexity index is 783. The Morgan fingerprint density at radius 3 is 3.05 bits per heavy atom.